The molecule has 0 spiro atoms. The Hall–Kier alpha value is -1.42. The van der Waals surface area contributed by atoms with Crippen molar-refractivity contribution in [3.63, 3.8) is 0 Å². The predicted octanol–water partition coefficient (Wildman–Crippen LogP) is 2.09. The summed E-state index contributed by atoms with van der Waals surface area (Å²) in [5.74, 6) is -0.596. The Kier molecular flexibility index (Phi) is 4.31. The minimum atomic E-state index is -0.382. The van der Waals surface area contributed by atoms with E-state index >= 15 is 0 Å². The fraction of sp³-hybridized carbons (Fsp3) is 0.500. The highest BCUT2D eigenvalue weighted by molar-refractivity contribution is 5.94. The highest BCUT2D eigenvalue weighted by atomic mass is 19.1. The Morgan fingerprint density at radius 2 is 2.33 bits per heavy atom. The summed E-state index contributed by atoms with van der Waals surface area (Å²) in [4.78, 5) is 11.8. The highest BCUT2D eigenvalue weighted by Gasteiger charge is 2.18. The predicted molar refractivity (Wildman–Crippen MR) is 69.0 cm³/mol. The fourth-order valence-corrected chi connectivity index (χ4v) is 2.35. The molecule has 1 fully saturated rings. The van der Waals surface area contributed by atoms with E-state index in [2.05, 4.69) is 17.6 Å². The number of piperidine rings is 1. The van der Waals surface area contributed by atoms with E-state index in [0.717, 1.165) is 6.42 Å². The van der Waals surface area contributed by atoms with Gasteiger partial charge in [-0.3, -0.25) is 4.79 Å². The summed E-state index contributed by atoms with van der Waals surface area (Å²) in [5, 5.41) is 6.29. The van der Waals surface area contributed by atoms with Crippen molar-refractivity contribution >= 4 is 5.91 Å². The third-order valence-electron chi connectivity index (χ3n) is 3.31. The standard InChI is InChI=1S/C14H19FN2O/c1-10-4-2-7-13(17-10)9-16-14(18)11-5-3-6-12(15)8-11/h3,5-6,8,10,13,17H,2,4,7,9H2,1H3,(H,16,18). The van der Waals surface area contributed by atoms with Gasteiger partial charge in [-0.1, -0.05) is 12.5 Å². The molecule has 2 unspecified atom stereocenters. The first kappa shape index (κ1) is 13.0. The molecular weight excluding hydrogens is 231 g/mol. The summed E-state index contributed by atoms with van der Waals surface area (Å²) in [6.45, 7) is 2.75. The second kappa shape index (κ2) is 5.96. The Morgan fingerprint density at radius 1 is 1.50 bits per heavy atom. The molecule has 1 saturated heterocycles. The fourth-order valence-electron chi connectivity index (χ4n) is 2.35. The molecule has 1 aromatic carbocycles. The van der Waals surface area contributed by atoms with E-state index in [-0.39, 0.29) is 11.7 Å². The van der Waals surface area contributed by atoms with Gasteiger partial charge in [-0.2, -0.15) is 0 Å². The minimum Gasteiger partial charge on any atom is -0.350 e. The van der Waals surface area contributed by atoms with Gasteiger partial charge in [-0.25, -0.2) is 4.39 Å². The van der Waals surface area contributed by atoms with E-state index in [0.29, 0.717) is 24.2 Å². The second-order valence-electron chi connectivity index (χ2n) is 4.92. The minimum absolute atomic E-state index is 0.213. The lowest BCUT2D eigenvalue weighted by Gasteiger charge is -2.28. The summed E-state index contributed by atoms with van der Waals surface area (Å²) in [6.07, 6.45) is 3.46. The number of nitrogens with one attached hydrogen (secondary N) is 2. The van der Waals surface area contributed by atoms with Gasteiger partial charge in [0, 0.05) is 24.2 Å². The van der Waals surface area contributed by atoms with Crippen LogP contribution in [0.15, 0.2) is 24.3 Å². The summed E-state index contributed by atoms with van der Waals surface area (Å²) < 4.78 is 13.0. The number of carbonyl (C=O) groups excluding carboxylic acids is 1. The largest absolute Gasteiger partial charge is 0.350 e. The molecule has 0 aliphatic carbocycles. The lowest BCUT2D eigenvalue weighted by molar-refractivity contribution is 0.0946. The van der Waals surface area contributed by atoms with Crippen molar-refractivity contribution in [2.45, 2.75) is 38.3 Å². The molecule has 4 heteroatoms. The molecule has 0 saturated carbocycles. The summed E-state index contributed by atoms with van der Waals surface area (Å²) in [6, 6.07) is 6.59. The molecular formula is C14H19FN2O. The zero-order valence-electron chi connectivity index (χ0n) is 10.6. The molecule has 2 N–H and O–H groups in total. The molecule has 1 heterocycles. The number of hydrogen-bond acceptors (Lipinski definition) is 2. The van der Waals surface area contributed by atoms with Gasteiger partial charge in [0.05, 0.1) is 0 Å². The summed E-state index contributed by atoms with van der Waals surface area (Å²) in [5.41, 5.74) is 0.374. The van der Waals surface area contributed by atoms with Crippen LogP contribution in [0.2, 0.25) is 0 Å². The van der Waals surface area contributed by atoms with Crippen molar-refractivity contribution < 1.29 is 9.18 Å². The third kappa shape index (κ3) is 3.53. The number of hydrogen-bond donors (Lipinski definition) is 2. The average Bonchev–Trinajstić information content (AvgIpc) is 2.36. The molecule has 18 heavy (non-hydrogen) atoms. The topological polar surface area (TPSA) is 41.1 Å². The molecule has 2 rings (SSSR count). The van der Waals surface area contributed by atoms with Crippen molar-refractivity contribution in [1.29, 1.82) is 0 Å². The van der Waals surface area contributed by atoms with Gasteiger partial charge in [0.1, 0.15) is 5.82 Å². The van der Waals surface area contributed by atoms with Crippen LogP contribution in [0.5, 0.6) is 0 Å². The third-order valence-corrected chi connectivity index (χ3v) is 3.31. The Balaban J connectivity index is 1.84. The maximum atomic E-state index is 13.0. The van der Waals surface area contributed by atoms with Crippen LogP contribution in [0.1, 0.15) is 36.5 Å². The number of carbonyl (C=O) groups is 1. The Bertz CT molecular complexity index is 422. The molecule has 0 aromatic heterocycles. The van der Waals surface area contributed by atoms with E-state index < -0.39 is 0 Å². The average molecular weight is 250 g/mol. The van der Waals surface area contributed by atoms with E-state index in [1.165, 1.54) is 25.0 Å². The molecule has 1 aliphatic rings. The molecule has 2 atom stereocenters. The Labute approximate surface area is 107 Å². The van der Waals surface area contributed by atoms with Gasteiger partial charge < -0.3 is 10.6 Å². The van der Waals surface area contributed by atoms with E-state index in [9.17, 15) is 9.18 Å². The van der Waals surface area contributed by atoms with Crippen LogP contribution < -0.4 is 10.6 Å². The normalized spacial score (nSPS) is 23.7. The second-order valence-corrected chi connectivity index (χ2v) is 4.92. The molecule has 1 aliphatic heterocycles. The van der Waals surface area contributed by atoms with E-state index in [1.54, 1.807) is 12.1 Å². The van der Waals surface area contributed by atoms with Gasteiger partial charge >= 0.3 is 0 Å². The number of rotatable bonds is 3. The first-order valence-corrected chi connectivity index (χ1v) is 6.45. The van der Waals surface area contributed by atoms with Crippen molar-refractivity contribution in [3.05, 3.63) is 35.6 Å². The van der Waals surface area contributed by atoms with E-state index in [1.807, 2.05) is 0 Å². The SMILES string of the molecule is CC1CCCC(CNC(=O)c2cccc(F)c2)N1. The van der Waals surface area contributed by atoms with E-state index in [4.69, 9.17) is 0 Å². The van der Waals surface area contributed by atoms with Crippen LogP contribution in [0.3, 0.4) is 0 Å². The lowest BCUT2D eigenvalue weighted by atomic mass is 9.99. The van der Waals surface area contributed by atoms with Crippen LogP contribution >= 0.6 is 0 Å². The van der Waals surface area contributed by atoms with Crippen LogP contribution in [-0.4, -0.2) is 24.5 Å². The quantitative estimate of drug-likeness (QED) is 0.862. The van der Waals surface area contributed by atoms with Gasteiger partial charge in [0.2, 0.25) is 0 Å². The van der Waals surface area contributed by atoms with Crippen molar-refractivity contribution in [2.75, 3.05) is 6.54 Å². The molecule has 98 valence electrons. The maximum Gasteiger partial charge on any atom is 0.251 e. The molecule has 3 nitrogen and oxygen atoms in total. The first-order chi connectivity index (χ1) is 8.65. The molecule has 0 radical (unpaired) electrons. The highest BCUT2D eigenvalue weighted by Crippen LogP contribution is 2.11. The van der Waals surface area contributed by atoms with Crippen molar-refractivity contribution in [3.8, 4) is 0 Å². The number of amides is 1. The number of benzene rings is 1. The molecule has 0 bridgehead atoms. The monoisotopic (exact) mass is 250 g/mol. The van der Waals surface area contributed by atoms with Gasteiger partial charge in [0.25, 0.3) is 5.91 Å². The summed E-state index contributed by atoms with van der Waals surface area (Å²) in [7, 11) is 0. The van der Waals surface area contributed by atoms with Gasteiger partial charge in [0.15, 0.2) is 0 Å². The van der Waals surface area contributed by atoms with Crippen molar-refractivity contribution in [1.82, 2.24) is 10.6 Å². The summed E-state index contributed by atoms with van der Waals surface area (Å²) >= 11 is 0. The number of halogens is 1. The molecule has 1 aromatic rings. The van der Waals surface area contributed by atoms with Crippen molar-refractivity contribution in [2.24, 2.45) is 0 Å². The van der Waals surface area contributed by atoms with Crippen LogP contribution in [0.4, 0.5) is 4.39 Å². The first-order valence-electron chi connectivity index (χ1n) is 6.45. The molecule has 1 amide bonds. The van der Waals surface area contributed by atoms with Crippen LogP contribution in [-0.2, 0) is 0 Å². The zero-order chi connectivity index (χ0) is 13.0. The van der Waals surface area contributed by atoms with Gasteiger partial charge in [-0.05, 0) is 38.0 Å². The maximum absolute atomic E-state index is 13.0. The zero-order valence-corrected chi connectivity index (χ0v) is 10.6. The van der Waals surface area contributed by atoms with Gasteiger partial charge in [-0.15, -0.1) is 0 Å². The lowest BCUT2D eigenvalue weighted by Crippen LogP contribution is -2.47. The van der Waals surface area contributed by atoms with Crippen LogP contribution in [0, 0.1) is 5.82 Å². The van der Waals surface area contributed by atoms with Crippen LogP contribution in [0.25, 0.3) is 0 Å². The smallest absolute Gasteiger partial charge is 0.251 e. The Morgan fingerprint density at radius 3 is 3.06 bits per heavy atom.